The summed E-state index contributed by atoms with van der Waals surface area (Å²) < 4.78 is 10.7. The first-order chi connectivity index (χ1) is 6.79. The van der Waals surface area contributed by atoms with Crippen LogP contribution < -0.4 is 0 Å². The maximum absolute atomic E-state index is 11.7. The molecule has 1 aliphatic rings. The fraction of sp³-hybridized carbons (Fsp3) is 0.750. The van der Waals surface area contributed by atoms with Gasteiger partial charge in [0.1, 0.15) is 5.60 Å². The summed E-state index contributed by atoms with van der Waals surface area (Å²) in [7, 11) is 0. The molecule has 86 valence electrons. The maximum Gasteiger partial charge on any atom is 0.336 e. The van der Waals surface area contributed by atoms with Crippen molar-refractivity contribution in [3.8, 4) is 0 Å². The number of ether oxygens (including phenoxy) is 2. The second kappa shape index (κ2) is 4.35. The highest BCUT2D eigenvalue weighted by Crippen LogP contribution is 2.22. The highest BCUT2D eigenvalue weighted by Gasteiger charge is 2.28. The van der Waals surface area contributed by atoms with Gasteiger partial charge >= 0.3 is 5.97 Å². The Morgan fingerprint density at radius 3 is 2.40 bits per heavy atom. The molecule has 0 saturated carbocycles. The van der Waals surface area contributed by atoms with Gasteiger partial charge in [-0.15, -0.1) is 0 Å². The van der Waals surface area contributed by atoms with Crippen molar-refractivity contribution in [3.63, 3.8) is 0 Å². The van der Waals surface area contributed by atoms with Gasteiger partial charge in [0.25, 0.3) is 0 Å². The number of rotatable bonds is 1. The van der Waals surface area contributed by atoms with Gasteiger partial charge in [0, 0.05) is 6.42 Å². The first-order valence-electron chi connectivity index (χ1n) is 5.29. The van der Waals surface area contributed by atoms with E-state index in [1.54, 1.807) is 0 Å². The lowest BCUT2D eigenvalue weighted by atomic mass is 10.0. The minimum absolute atomic E-state index is 0.255. The summed E-state index contributed by atoms with van der Waals surface area (Å²) >= 11 is 0. The van der Waals surface area contributed by atoms with Crippen molar-refractivity contribution in [2.24, 2.45) is 0 Å². The first-order valence-corrected chi connectivity index (χ1v) is 5.29. The maximum atomic E-state index is 11.7. The van der Waals surface area contributed by atoms with Gasteiger partial charge in [-0.3, -0.25) is 0 Å². The van der Waals surface area contributed by atoms with Crippen molar-refractivity contribution in [3.05, 3.63) is 11.1 Å². The largest absolute Gasteiger partial charge is 0.458 e. The van der Waals surface area contributed by atoms with Crippen LogP contribution in [0.25, 0.3) is 0 Å². The lowest BCUT2D eigenvalue weighted by Gasteiger charge is -2.27. The molecule has 15 heavy (non-hydrogen) atoms. The van der Waals surface area contributed by atoms with Crippen LogP contribution in [-0.2, 0) is 14.3 Å². The zero-order valence-electron chi connectivity index (χ0n) is 10.2. The Labute approximate surface area is 91.4 Å². The Morgan fingerprint density at radius 1 is 1.33 bits per heavy atom. The van der Waals surface area contributed by atoms with E-state index in [2.05, 4.69) is 0 Å². The molecule has 3 nitrogen and oxygen atoms in total. The normalized spacial score (nSPS) is 22.9. The fourth-order valence-electron chi connectivity index (χ4n) is 1.38. The molecular formula is C12H20O3. The van der Waals surface area contributed by atoms with Gasteiger partial charge < -0.3 is 9.47 Å². The molecule has 1 atom stereocenters. The third kappa shape index (κ3) is 3.67. The highest BCUT2D eigenvalue weighted by atomic mass is 16.6. The summed E-state index contributed by atoms with van der Waals surface area (Å²) in [6.07, 6.45) is 0.230. The summed E-state index contributed by atoms with van der Waals surface area (Å²) in [5.41, 5.74) is 2.01. The zero-order chi connectivity index (χ0) is 11.6. The molecule has 0 aromatic heterocycles. The van der Waals surface area contributed by atoms with E-state index in [0.29, 0.717) is 13.0 Å². The number of hydrogen-bond donors (Lipinski definition) is 0. The van der Waals surface area contributed by atoms with Gasteiger partial charge in [-0.1, -0.05) is 5.57 Å². The van der Waals surface area contributed by atoms with Crippen molar-refractivity contribution >= 4 is 5.97 Å². The van der Waals surface area contributed by atoms with Crippen LogP contribution in [0.3, 0.4) is 0 Å². The van der Waals surface area contributed by atoms with Crippen molar-refractivity contribution in [1.82, 2.24) is 0 Å². The molecule has 0 unspecified atom stereocenters. The van der Waals surface area contributed by atoms with Gasteiger partial charge in [-0.25, -0.2) is 4.79 Å². The van der Waals surface area contributed by atoms with Gasteiger partial charge in [0.2, 0.25) is 0 Å². The van der Waals surface area contributed by atoms with E-state index in [4.69, 9.17) is 9.47 Å². The predicted molar refractivity (Wildman–Crippen MR) is 58.6 cm³/mol. The Morgan fingerprint density at radius 2 is 1.93 bits per heavy atom. The molecule has 3 heteroatoms. The van der Waals surface area contributed by atoms with Crippen molar-refractivity contribution in [1.29, 1.82) is 0 Å². The lowest BCUT2D eigenvalue weighted by Crippen LogP contribution is -2.35. The minimum Gasteiger partial charge on any atom is -0.458 e. The summed E-state index contributed by atoms with van der Waals surface area (Å²) in [5, 5.41) is 0. The number of hydrogen-bond acceptors (Lipinski definition) is 3. The van der Waals surface area contributed by atoms with Crippen molar-refractivity contribution in [2.75, 3.05) is 6.61 Å². The molecule has 1 heterocycles. The molecule has 0 bridgehead atoms. The first kappa shape index (κ1) is 12.2. The molecule has 0 aromatic carbocycles. The van der Waals surface area contributed by atoms with E-state index in [9.17, 15) is 4.79 Å². The Balaban J connectivity index is 2.57. The molecule has 0 spiro atoms. The molecule has 0 amide bonds. The van der Waals surface area contributed by atoms with Crippen LogP contribution in [0.4, 0.5) is 0 Å². The molecule has 0 aromatic rings. The van der Waals surface area contributed by atoms with Gasteiger partial charge in [0.15, 0.2) is 6.10 Å². The quantitative estimate of drug-likeness (QED) is 0.494. The van der Waals surface area contributed by atoms with Crippen LogP contribution in [0, 0.1) is 0 Å². The van der Waals surface area contributed by atoms with Crippen molar-refractivity contribution < 1.29 is 14.3 Å². The molecule has 0 radical (unpaired) electrons. The lowest BCUT2D eigenvalue weighted by molar-refractivity contribution is -0.168. The second-order valence-corrected chi connectivity index (χ2v) is 5.10. The molecule has 1 rings (SSSR count). The van der Waals surface area contributed by atoms with E-state index < -0.39 is 11.7 Å². The Bertz CT molecular complexity index is 284. The van der Waals surface area contributed by atoms with Gasteiger partial charge in [-0.2, -0.15) is 0 Å². The minimum atomic E-state index is -0.440. The van der Waals surface area contributed by atoms with Crippen LogP contribution in [0.5, 0.6) is 0 Å². The van der Waals surface area contributed by atoms with E-state index >= 15 is 0 Å². The summed E-state index contributed by atoms with van der Waals surface area (Å²) in [6.45, 7) is 10.2. The number of carbonyl (C=O) groups excluding carboxylic acids is 1. The molecule has 1 aliphatic heterocycles. The molecule has 0 saturated heterocycles. The topological polar surface area (TPSA) is 35.5 Å². The number of carbonyl (C=O) groups is 1. The van der Waals surface area contributed by atoms with Crippen LogP contribution in [-0.4, -0.2) is 24.3 Å². The number of esters is 1. The SMILES string of the molecule is CC1=C(C)C[C@H](C(=O)OC(C)(C)C)OC1. The second-order valence-electron chi connectivity index (χ2n) is 5.10. The summed E-state index contributed by atoms with van der Waals surface area (Å²) in [6, 6.07) is 0. The smallest absolute Gasteiger partial charge is 0.336 e. The Kier molecular flexibility index (Phi) is 3.55. The van der Waals surface area contributed by atoms with E-state index in [-0.39, 0.29) is 5.97 Å². The van der Waals surface area contributed by atoms with Crippen LogP contribution in [0.2, 0.25) is 0 Å². The average molecular weight is 212 g/mol. The summed E-state index contributed by atoms with van der Waals surface area (Å²) in [4.78, 5) is 11.7. The third-order valence-corrected chi connectivity index (χ3v) is 2.39. The standard InChI is InChI=1S/C12H20O3/c1-8-6-10(14-7-9(8)2)11(13)15-12(3,4)5/h10H,6-7H2,1-5H3/t10-/m1/s1. The predicted octanol–water partition coefficient (Wildman–Crippen LogP) is 2.45. The molecule has 0 fully saturated rings. The van der Waals surface area contributed by atoms with Gasteiger partial charge in [-0.05, 0) is 40.2 Å². The van der Waals surface area contributed by atoms with E-state index in [1.807, 2.05) is 34.6 Å². The van der Waals surface area contributed by atoms with Crippen LogP contribution in [0.15, 0.2) is 11.1 Å². The summed E-state index contributed by atoms with van der Waals surface area (Å²) in [5.74, 6) is -0.255. The average Bonchev–Trinajstić information content (AvgIpc) is 2.06. The van der Waals surface area contributed by atoms with E-state index in [0.717, 1.165) is 0 Å². The van der Waals surface area contributed by atoms with Crippen LogP contribution in [0.1, 0.15) is 41.0 Å². The Hall–Kier alpha value is -0.830. The van der Waals surface area contributed by atoms with E-state index in [1.165, 1.54) is 11.1 Å². The third-order valence-electron chi connectivity index (χ3n) is 2.39. The zero-order valence-corrected chi connectivity index (χ0v) is 10.2. The molecule has 0 N–H and O–H groups in total. The highest BCUT2D eigenvalue weighted by molar-refractivity contribution is 5.75. The fourth-order valence-corrected chi connectivity index (χ4v) is 1.38. The van der Waals surface area contributed by atoms with Crippen molar-refractivity contribution in [2.45, 2.75) is 52.7 Å². The monoisotopic (exact) mass is 212 g/mol. The van der Waals surface area contributed by atoms with Crippen LogP contribution >= 0.6 is 0 Å². The molecule has 0 aliphatic carbocycles. The van der Waals surface area contributed by atoms with Gasteiger partial charge in [0.05, 0.1) is 6.61 Å². The molecular weight excluding hydrogens is 192 g/mol.